The third-order valence-electron chi connectivity index (χ3n) is 2.41. The topological polar surface area (TPSA) is 39.0 Å². The molecule has 15 heavy (non-hydrogen) atoms. The van der Waals surface area contributed by atoms with Crippen molar-refractivity contribution in [3.63, 3.8) is 0 Å². The number of aromatic nitrogens is 2. The summed E-state index contributed by atoms with van der Waals surface area (Å²) in [5.74, 6) is 0. The van der Waals surface area contributed by atoms with E-state index < -0.39 is 0 Å². The monoisotopic (exact) mass is 211 g/mol. The largest absolute Gasteiger partial charge is 0.328 e. The summed E-state index contributed by atoms with van der Waals surface area (Å²) in [5.41, 5.74) is 0.0987. The van der Waals surface area contributed by atoms with Crippen LogP contribution in [0.4, 0.5) is 0 Å². The Morgan fingerprint density at radius 2 is 2.00 bits per heavy atom. The fourth-order valence-electron chi connectivity index (χ4n) is 1.71. The molecule has 0 aliphatic heterocycles. The molecule has 4 heteroatoms. The summed E-state index contributed by atoms with van der Waals surface area (Å²) >= 11 is 0. The predicted molar refractivity (Wildman–Crippen MR) is 62.1 cm³/mol. The van der Waals surface area contributed by atoms with E-state index in [9.17, 15) is 4.79 Å². The normalized spacial score (nSPS) is 13.0. The van der Waals surface area contributed by atoms with Crippen molar-refractivity contribution in [3.8, 4) is 0 Å². The molecule has 0 aliphatic rings. The molecule has 0 saturated heterocycles. The van der Waals surface area contributed by atoms with Crippen molar-refractivity contribution in [2.45, 2.75) is 46.3 Å². The van der Waals surface area contributed by atoms with Gasteiger partial charge in [-0.1, -0.05) is 13.8 Å². The van der Waals surface area contributed by atoms with Crippen molar-refractivity contribution in [2.24, 2.45) is 0 Å². The summed E-state index contributed by atoms with van der Waals surface area (Å²) in [6.07, 6.45) is 4.73. The standard InChI is InChI=1S/C11H21N3O/c1-4-6-13-7-8-14(11(13)15)9-10(3)12-5-2/h7-8,10,12H,4-6,9H2,1-3H3. The minimum atomic E-state index is 0.0987. The molecule has 0 saturated carbocycles. The molecule has 0 fully saturated rings. The van der Waals surface area contributed by atoms with Crippen LogP contribution in [0, 0.1) is 0 Å². The Morgan fingerprint density at radius 3 is 2.60 bits per heavy atom. The van der Waals surface area contributed by atoms with E-state index in [0.29, 0.717) is 6.04 Å². The number of rotatable bonds is 6. The lowest BCUT2D eigenvalue weighted by Crippen LogP contribution is -2.34. The maximum absolute atomic E-state index is 11.8. The molecule has 0 aliphatic carbocycles. The Bertz CT molecular complexity index is 340. The summed E-state index contributed by atoms with van der Waals surface area (Å²) in [7, 11) is 0. The quantitative estimate of drug-likeness (QED) is 0.764. The molecule has 1 rings (SSSR count). The minimum Gasteiger partial charge on any atom is -0.313 e. The molecular formula is C11H21N3O. The second-order valence-electron chi connectivity index (χ2n) is 3.89. The first-order valence-corrected chi connectivity index (χ1v) is 5.68. The number of imidazole rings is 1. The van der Waals surface area contributed by atoms with Crippen molar-refractivity contribution in [1.82, 2.24) is 14.5 Å². The molecule has 1 atom stereocenters. The van der Waals surface area contributed by atoms with Crippen LogP contribution in [0.1, 0.15) is 27.2 Å². The lowest BCUT2D eigenvalue weighted by atomic mass is 10.3. The highest BCUT2D eigenvalue weighted by atomic mass is 16.1. The van der Waals surface area contributed by atoms with Gasteiger partial charge in [-0.25, -0.2) is 4.79 Å². The first-order valence-electron chi connectivity index (χ1n) is 5.68. The lowest BCUT2D eigenvalue weighted by Gasteiger charge is -2.11. The Labute approximate surface area is 90.9 Å². The molecule has 1 aromatic rings. The van der Waals surface area contributed by atoms with Crippen LogP contribution in [0.15, 0.2) is 17.2 Å². The van der Waals surface area contributed by atoms with Gasteiger partial charge in [-0.3, -0.25) is 9.13 Å². The van der Waals surface area contributed by atoms with Crippen molar-refractivity contribution >= 4 is 0 Å². The van der Waals surface area contributed by atoms with E-state index in [2.05, 4.69) is 26.1 Å². The highest BCUT2D eigenvalue weighted by Crippen LogP contribution is 1.91. The highest BCUT2D eigenvalue weighted by molar-refractivity contribution is 4.82. The molecule has 0 amide bonds. The van der Waals surface area contributed by atoms with Crippen LogP contribution in [-0.2, 0) is 13.1 Å². The van der Waals surface area contributed by atoms with E-state index in [0.717, 1.165) is 26.1 Å². The Kier molecular flexibility index (Phi) is 4.62. The smallest absolute Gasteiger partial charge is 0.313 e. The van der Waals surface area contributed by atoms with Gasteiger partial charge in [0.25, 0.3) is 0 Å². The number of likely N-dealkylation sites (N-methyl/N-ethyl adjacent to an activating group) is 1. The van der Waals surface area contributed by atoms with Gasteiger partial charge in [0.1, 0.15) is 0 Å². The van der Waals surface area contributed by atoms with Gasteiger partial charge in [0.05, 0.1) is 0 Å². The van der Waals surface area contributed by atoms with Crippen molar-refractivity contribution in [1.29, 1.82) is 0 Å². The van der Waals surface area contributed by atoms with Crippen LogP contribution in [0.25, 0.3) is 0 Å². The number of aryl methyl sites for hydroxylation is 1. The third-order valence-corrected chi connectivity index (χ3v) is 2.41. The average molecular weight is 211 g/mol. The minimum absolute atomic E-state index is 0.0987. The number of nitrogens with zero attached hydrogens (tertiary/aromatic N) is 2. The SMILES string of the molecule is CCCn1ccn(CC(C)NCC)c1=O. The van der Waals surface area contributed by atoms with E-state index >= 15 is 0 Å². The molecule has 4 nitrogen and oxygen atoms in total. The van der Waals surface area contributed by atoms with E-state index in [1.54, 1.807) is 9.13 Å². The molecule has 1 aromatic heterocycles. The predicted octanol–water partition coefficient (Wildman–Crippen LogP) is 1.06. The van der Waals surface area contributed by atoms with Gasteiger partial charge in [0.15, 0.2) is 0 Å². The zero-order valence-corrected chi connectivity index (χ0v) is 9.86. The van der Waals surface area contributed by atoms with Gasteiger partial charge in [-0.2, -0.15) is 0 Å². The third kappa shape index (κ3) is 3.23. The van der Waals surface area contributed by atoms with Crippen LogP contribution in [0.5, 0.6) is 0 Å². The van der Waals surface area contributed by atoms with Gasteiger partial charge >= 0.3 is 5.69 Å². The van der Waals surface area contributed by atoms with E-state index in [1.165, 1.54) is 0 Å². The first kappa shape index (κ1) is 12.0. The molecule has 1 N–H and O–H groups in total. The second kappa shape index (κ2) is 5.75. The van der Waals surface area contributed by atoms with E-state index in [4.69, 9.17) is 0 Å². The summed E-state index contributed by atoms with van der Waals surface area (Å²) in [6, 6.07) is 0.338. The van der Waals surface area contributed by atoms with E-state index in [1.807, 2.05) is 12.4 Å². The number of hydrogen-bond donors (Lipinski definition) is 1. The molecule has 0 radical (unpaired) electrons. The summed E-state index contributed by atoms with van der Waals surface area (Å²) < 4.78 is 3.53. The van der Waals surface area contributed by atoms with Crippen LogP contribution in [0.3, 0.4) is 0 Å². The average Bonchev–Trinajstić information content (AvgIpc) is 2.51. The lowest BCUT2D eigenvalue weighted by molar-refractivity contribution is 0.474. The Hall–Kier alpha value is -1.03. The van der Waals surface area contributed by atoms with E-state index in [-0.39, 0.29) is 5.69 Å². The molecule has 0 aromatic carbocycles. The zero-order valence-electron chi connectivity index (χ0n) is 9.86. The van der Waals surface area contributed by atoms with Crippen LogP contribution in [0.2, 0.25) is 0 Å². The summed E-state index contributed by atoms with van der Waals surface area (Å²) in [4.78, 5) is 11.8. The molecular weight excluding hydrogens is 190 g/mol. The maximum Gasteiger partial charge on any atom is 0.328 e. The van der Waals surface area contributed by atoms with Crippen molar-refractivity contribution < 1.29 is 0 Å². The molecule has 1 heterocycles. The zero-order chi connectivity index (χ0) is 11.3. The van der Waals surface area contributed by atoms with Crippen molar-refractivity contribution in [3.05, 3.63) is 22.9 Å². The van der Waals surface area contributed by atoms with Gasteiger partial charge in [-0.15, -0.1) is 0 Å². The summed E-state index contributed by atoms with van der Waals surface area (Å²) in [5, 5.41) is 3.29. The molecule has 86 valence electrons. The molecule has 0 spiro atoms. The number of hydrogen-bond acceptors (Lipinski definition) is 2. The first-order chi connectivity index (χ1) is 7.19. The van der Waals surface area contributed by atoms with Crippen LogP contribution < -0.4 is 11.0 Å². The van der Waals surface area contributed by atoms with Gasteiger partial charge in [0, 0.05) is 31.5 Å². The fraction of sp³-hybridized carbons (Fsp3) is 0.727. The van der Waals surface area contributed by atoms with Gasteiger partial charge < -0.3 is 5.32 Å². The van der Waals surface area contributed by atoms with Crippen molar-refractivity contribution in [2.75, 3.05) is 6.54 Å². The number of nitrogens with one attached hydrogen (secondary N) is 1. The Morgan fingerprint density at radius 1 is 1.33 bits per heavy atom. The Balaban J connectivity index is 2.66. The summed E-state index contributed by atoms with van der Waals surface area (Å²) in [6.45, 7) is 8.72. The van der Waals surface area contributed by atoms with Crippen LogP contribution in [-0.4, -0.2) is 21.7 Å². The molecule has 1 unspecified atom stereocenters. The second-order valence-corrected chi connectivity index (χ2v) is 3.89. The molecule has 0 bridgehead atoms. The maximum atomic E-state index is 11.8. The van der Waals surface area contributed by atoms with Crippen LogP contribution >= 0.6 is 0 Å². The van der Waals surface area contributed by atoms with Gasteiger partial charge in [-0.05, 0) is 19.9 Å². The highest BCUT2D eigenvalue weighted by Gasteiger charge is 2.05. The van der Waals surface area contributed by atoms with Gasteiger partial charge in [0.2, 0.25) is 0 Å². The fourth-order valence-corrected chi connectivity index (χ4v) is 1.71.